The van der Waals surface area contributed by atoms with Crippen LogP contribution < -0.4 is 5.32 Å². The van der Waals surface area contributed by atoms with Gasteiger partial charge >= 0.3 is 0 Å². The number of anilines is 1. The average molecular weight is 330 g/mol. The molecule has 1 amide bonds. The second kappa shape index (κ2) is 6.51. The van der Waals surface area contributed by atoms with Crippen molar-refractivity contribution >= 4 is 44.6 Å². The smallest absolute Gasteiger partial charge is 0.266 e. The van der Waals surface area contributed by atoms with E-state index in [1.54, 1.807) is 17.4 Å². The predicted molar refractivity (Wildman–Crippen MR) is 95.2 cm³/mol. The van der Waals surface area contributed by atoms with E-state index in [1.165, 1.54) is 5.39 Å². The predicted octanol–water partition coefficient (Wildman–Crippen LogP) is 5.76. The van der Waals surface area contributed by atoms with E-state index in [0.29, 0.717) is 10.7 Å². The average Bonchev–Trinajstić information content (AvgIpc) is 2.89. The second-order valence-corrected chi connectivity index (χ2v) is 6.55. The van der Waals surface area contributed by atoms with Gasteiger partial charge in [-0.3, -0.25) is 4.79 Å². The van der Waals surface area contributed by atoms with Crippen LogP contribution in [0.15, 0.2) is 48.5 Å². The van der Waals surface area contributed by atoms with Gasteiger partial charge in [0.05, 0.1) is 15.6 Å². The summed E-state index contributed by atoms with van der Waals surface area (Å²) in [4.78, 5) is 13.5. The minimum atomic E-state index is -0.0854. The van der Waals surface area contributed by atoms with E-state index in [1.807, 2.05) is 30.3 Å². The molecule has 3 aromatic rings. The van der Waals surface area contributed by atoms with E-state index in [0.717, 1.165) is 28.0 Å². The van der Waals surface area contributed by atoms with Crippen molar-refractivity contribution in [1.29, 1.82) is 0 Å². The van der Waals surface area contributed by atoms with Crippen LogP contribution in [-0.2, 0) is 6.42 Å². The Labute approximate surface area is 138 Å². The third-order valence-electron chi connectivity index (χ3n) is 3.53. The van der Waals surface area contributed by atoms with Crippen LogP contribution in [0.4, 0.5) is 5.69 Å². The number of benzene rings is 2. The van der Waals surface area contributed by atoms with Crippen molar-refractivity contribution in [2.45, 2.75) is 19.8 Å². The third kappa shape index (κ3) is 2.87. The van der Waals surface area contributed by atoms with Crippen molar-refractivity contribution in [2.75, 3.05) is 5.32 Å². The standard InChI is InChI=1S/C18H16ClNOS/c1-2-7-13-12-8-3-6-11-16(12)22-17(13)18(21)20-15-10-5-4-9-14(15)19/h3-6,8-11H,2,7H2,1H3,(H,20,21). The fourth-order valence-corrected chi connectivity index (χ4v) is 3.85. The molecular weight excluding hydrogens is 314 g/mol. The molecule has 1 aromatic heterocycles. The van der Waals surface area contributed by atoms with Crippen LogP contribution in [0.5, 0.6) is 0 Å². The second-order valence-electron chi connectivity index (χ2n) is 5.09. The Balaban J connectivity index is 2.00. The molecule has 0 saturated heterocycles. The number of thiophene rings is 1. The first kappa shape index (κ1) is 15.1. The minimum absolute atomic E-state index is 0.0854. The lowest BCUT2D eigenvalue weighted by molar-refractivity contribution is 0.103. The molecule has 0 radical (unpaired) electrons. The number of amides is 1. The molecule has 4 heteroatoms. The van der Waals surface area contributed by atoms with Gasteiger partial charge in [0.15, 0.2) is 0 Å². The number of aryl methyl sites for hydroxylation is 1. The largest absolute Gasteiger partial charge is 0.320 e. The lowest BCUT2D eigenvalue weighted by Crippen LogP contribution is -2.12. The maximum absolute atomic E-state index is 12.7. The molecule has 2 aromatic carbocycles. The van der Waals surface area contributed by atoms with Crippen LogP contribution >= 0.6 is 22.9 Å². The van der Waals surface area contributed by atoms with E-state index in [2.05, 4.69) is 24.4 Å². The van der Waals surface area contributed by atoms with Crippen LogP contribution in [0.2, 0.25) is 5.02 Å². The van der Waals surface area contributed by atoms with Crippen LogP contribution in [0, 0.1) is 0 Å². The molecule has 22 heavy (non-hydrogen) atoms. The molecule has 1 heterocycles. The summed E-state index contributed by atoms with van der Waals surface area (Å²) in [6.45, 7) is 2.13. The number of hydrogen-bond acceptors (Lipinski definition) is 2. The third-order valence-corrected chi connectivity index (χ3v) is 5.07. The fraction of sp³-hybridized carbons (Fsp3) is 0.167. The Bertz CT molecular complexity index is 825. The van der Waals surface area contributed by atoms with E-state index in [9.17, 15) is 4.79 Å². The summed E-state index contributed by atoms with van der Waals surface area (Å²) in [7, 11) is 0. The normalized spacial score (nSPS) is 10.8. The first-order chi connectivity index (χ1) is 10.7. The molecule has 0 unspecified atom stereocenters. The maximum Gasteiger partial charge on any atom is 0.266 e. The minimum Gasteiger partial charge on any atom is -0.320 e. The van der Waals surface area contributed by atoms with Gasteiger partial charge in [0.1, 0.15) is 0 Å². The Morgan fingerprint density at radius 3 is 2.64 bits per heavy atom. The molecule has 0 aliphatic rings. The Morgan fingerprint density at radius 1 is 1.14 bits per heavy atom. The van der Waals surface area contributed by atoms with Crippen molar-refractivity contribution in [1.82, 2.24) is 0 Å². The highest BCUT2D eigenvalue weighted by molar-refractivity contribution is 7.21. The monoisotopic (exact) mass is 329 g/mol. The van der Waals surface area contributed by atoms with Gasteiger partial charge in [0.25, 0.3) is 5.91 Å². The van der Waals surface area contributed by atoms with Gasteiger partial charge in [0.2, 0.25) is 0 Å². The summed E-state index contributed by atoms with van der Waals surface area (Å²) < 4.78 is 1.15. The maximum atomic E-state index is 12.7. The van der Waals surface area contributed by atoms with Gasteiger partial charge in [-0.05, 0) is 35.6 Å². The topological polar surface area (TPSA) is 29.1 Å². The summed E-state index contributed by atoms with van der Waals surface area (Å²) in [5.41, 5.74) is 1.78. The molecule has 0 spiro atoms. The van der Waals surface area contributed by atoms with Crippen molar-refractivity contribution in [3.8, 4) is 0 Å². The zero-order valence-corrected chi connectivity index (χ0v) is 13.8. The number of carbonyl (C=O) groups is 1. The Morgan fingerprint density at radius 2 is 1.86 bits per heavy atom. The molecule has 0 atom stereocenters. The van der Waals surface area contributed by atoms with Crippen molar-refractivity contribution in [3.63, 3.8) is 0 Å². The molecule has 112 valence electrons. The Kier molecular flexibility index (Phi) is 4.46. The fourth-order valence-electron chi connectivity index (χ4n) is 2.52. The van der Waals surface area contributed by atoms with Crippen molar-refractivity contribution in [3.05, 3.63) is 64.0 Å². The molecule has 0 saturated carbocycles. The van der Waals surface area contributed by atoms with Crippen LogP contribution in [-0.4, -0.2) is 5.91 Å². The van der Waals surface area contributed by atoms with Gasteiger partial charge in [-0.2, -0.15) is 0 Å². The highest BCUT2D eigenvalue weighted by atomic mass is 35.5. The summed E-state index contributed by atoms with van der Waals surface area (Å²) in [5.74, 6) is -0.0854. The lowest BCUT2D eigenvalue weighted by atomic mass is 10.1. The van der Waals surface area contributed by atoms with Gasteiger partial charge in [-0.25, -0.2) is 0 Å². The molecule has 0 aliphatic heterocycles. The van der Waals surface area contributed by atoms with Gasteiger partial charge < -0.3 is 5.32 Å². The highest BCUT2D eigenvalue weighted by Gasteiger charge is 2.18. The molecule has 3 rings (SSSR count). The molecule has 0 aliphatic carbocycles. The number of para-hydroxylation sites is 1. The van der Waals surface area contributed by atoms with E-state index >= 15 is 0 Å². The zero-order chi connectivity index (χ0) is 15.5. The van der Waals surface area contributed by atoms with Gasteiger partial charge in [-0.1, -0.05) is 55.3 Å². The van der Waals surface area contributed by atoms with Gasteiger partial charge in [0, 0.05) is 4.70 Å². The number of fused-ring (bicyclic) bond motifs is 1. The number of hydrogen-bond donors (Lipinski definition) is 1. The molecule has 0 fully saturated rings. The van der Waals surface area contributed by atoms with E-state index in [-0.39, 0.29) is 5.91 Å². The summed E-state index contributed by atoms with van der Waals surface area (Å²) in [6.07, 6.45) is 1.91. The number of nitrogens with one attached hydrogen (secondary N) is 1. The lowest BCUT2D eigenvalue weighted by Gasteiger charge is -2.07. The number of carbonyl (C=O) groups excluding carboxylic acids is 1. The zero-order valence-electron chi connectivity index (χ0n) is 12.2. The first-order valence-corrected chi connectivity index (χ1v) is 8.46. The highest BCUT2D eigenvalue weighted by Crippen LogP contribution is 2.33. The molecule has 1 N–H and O–H groups in total. The van der Waals surface area contributed by atoms with Crippen molar-refractivity contribution in [2.24, 2.45) is 0 Å². The van der Waals surface area contributed by atoms with Crippen LogP contribution in [0.1, 0.15) is 28.6 Å². The number of halogens is 1. The SMILES string of the molecule is CCCc1c(C(=O)Nc2ccccc2Cl)sc2ccccc12. The molecule has 0 bridgehead atoms. The quantitative estimate of drug-likeness (QED) is 0.647. The van der Waals surface area contributed by atoms with Crippen LogP contribution in [0.25, 0.3) is 10.1 Å². The van der Waals surface area contributed by atoms with Crippen molar-refractivity contribution < 1.29 is 4.79 Å². The van der Waals surface area contributed by atoms with E-state index in [4.69, 9.17) is 11.6 Å². The Hall–Kier alpha value is -1.84. The van der Waals surface area contributed by atoms with Crippen LogP contribution in [0.3, 0.4) is 0 Å². The summed E-state index contributed by atoms with van der Waals surface area (Å²) in [6, 6.07) is 15.5. The molecular formula is C18H16ClNOS. The summed E-state index contributed by atoms with van der Waals surface area (Å²) >= 11 is 7.67. The molecule has 2 nitrogen and oxygen atoms in total. The van der Waals surface area contributed by atoms with E-state index < -0.39 is 0 Å². The first-order valence-electron chi connectivity index (χ1n) is 7.27. The number of rotatable bonds is 4. The summed E-state index contributed by atoms with van der Waals surface area (Å²) in [5, 5.41) is 4.66. The van der Waals surface area contributed by atoms with Gasteiger partial charge in [-0.15, -0.1) is 11.3 Å².